The van der Waals surface area contributed by atoms with E-state index in [-0.39, 0.29) is 0 Å². The van der Waals surface area contributed by atoms with Crippen LogP contribution in [0.2, 0.25) is 0 Å². The highest BCUT2D eigenvalue weighted by Gasteiger charge is 2.30. The van der Waals surface area contributed by atoms with Crippen molar-refractivity contribution in [1.29, 1.82) is 0 Å². The Morgan fingerprint density at radius 2 is 2.06 bits per heavy atom. The minimum Gasteiger partial charge on any atom is -0.313 e. The number of hydrogen-bond donors (Lipinski definition) is 1. The van der Waals surface area contributed by atoms with Gasteiger partial charge >= 0.3 is 0 Å². The van der Waals surface area contributed by atoms with E-state index in [4.69, 9.17) is 0 Å². The largest absolute Gasteiger partial charge is 0.313 e. The minimum atomic E-state index is 0.777. The number of hydrogen-bond acceptors (Lipinski definition) is 2. The highest BCUT2D eigenvalue weighted by Crippen LogP contribution is 2.30. The average Bonchev–Trinajstić information content (AvgIpc) is 2.88. The molecular weight excluding hydrogens is 196 g/mol. The fourth-order valence-electron chi connectivity index (χ4n) is 3.54. The molecule has 2 heteroatoms. The second-order valence-electron chi connectivity index (χ2n) is 5.76. The molecule has 0 aromatic rings. The van der Waals surface area contributed by atoms with Gasteiger partial charge < -0.3 is 5.32 Å². The summed E-state index contributed by atoms with van der Waals surface area (Å²) in [5, 5.41) is 3.64. The summed E-state index contributed by atoms with van der Waals surface area (Å²) in [6, 6.07) is 1.65. The third-order valence-electron chi connectivity index (χ3n) is 4.41. The van der Waals surface area contributed by atoms with E-state index in [1.807, 2.05) is 0 Å². The summed E-state index contributed by atoms with van der Waals surface area (Å²) in [6.07, 6.45) is 8.41. The van der Waals surface area contributed by atoms with Gasteiger partial charge in [-0.15, -0.1) is 0 Å². The first-order chi connectivity index (χ1) is 7.81. The number of nitrogens with one attached hydrogen (secondary N) is 1. The van der Waals surface area contributed by atoms with Gasteiger partial charge in [0.05, 0.1) is 0 Å². The maximum absolute atomic E-state index is 3.64. The summed E-state index contributed by atoms with van der Waals surface area (Å²) < 4.78 is 0. The van der Waals surface area contributed by atoms with E-state index in [0.717, 1.165) is 18.0 Å². The lowest BCUT2D eigenvalue weighted by atomic mass is 10.0. The van der Waals surface area contributed by atoms with Gasteiger partial charge in [-0.2, -0.15) is 0 Å². The molecule has 0 amide bonds. The van der Waals surface area contributed by atoms with Crippen LogP contribution < -0.4 is 5.32 Å². The van der Waals surface area contributed by atoms with Gasteiger partial charge in [0.25, 0.3) is 0 Å². The molecule has 0 bridgehead atoms. The standard InChI is InChI=1S/C14H28N2/c1-3-10-16(11-13-7-5-9-15-13)14-8-4-6-12(14)2/h12-15H,3-11H2,1-2H3. The summed E-state index contributed by atoms with van der Waals surface area (Å²) in [5.41, 5.74) is 0. The number of nitrogens with zero attached hydrogens (tertiary/aromatic N) is 1. The third-order valence-corrected chi connectivity index (χ3v) is 4.41. The topological polar surface area (TPSA) is 15.3 Å². The Morgan fingerprint density at radius 1 is 1.19 bits per heavy atom. The van der Waals surface area contributed by atoms with E-state index in [0.29, 0.717) is 0 Å². The predicted octanol–water partition coefficient (Wildman–Crippen LogP) is 2.64. The lowest BCUT2D eigenvalue weighted by molar-refractivity contribution is 0.153. The van der Waals surface area contributed by atoms with E-state index in [9.17, 15) is 0 Å². The summed E-state index contributed by atoms with van der Waals surface area (Å²) in [6.45, 7) is 8.60. The predicted molar refractivity (Wildman–Crippen MR) is 69.7 cm³/mol. The Labute approximate surface area is 101 Å². The van der Waals surface area contributed by atoms with Crippen LogP contribution in [0.4, 0.5) is 0 Å². The summed E-state index contributed by atoms with van der Waals surface area (Å²) in [5.74, 6) is 0.924. The van der Waals surface area contributed by atoms with Crippen molar-refractivity contribution in [3.63, 3.8) is 0 Å². The summed E-state index contributed by atoms with van der Waals surface area (Å²) in [4.78, 5) is 2.78. The monoisotopic (exact) mass is 224 g/mol. The van der Waals surface area contributed by atoms with Gasteiger partial charge in [-0.25, -0.2) is 0 Å². The molecule has 1 aliphatic heterocycles. The molecule has 2 fully saturated rings. The lowest BCUT2D eigenvalue weighted by Gasteiger charge is -2.33. The molecule has 1 N–H and O–H groups in total. The van der Waals surface area contributed by atoms with E-state index >= 15 is 0 Å². The van der Waals surface area contributed by atoms with Gasteiger partial charge in [-0.1, -0.05) is 20.3 Å². The molecule has 0 aromatic heterocycles. The normalized spacial score (nSPS) is 35.1. The van der Waals surface area contributed by atoms with Crippen LogP contribution in [-0.2, 0) is 0 Å². The molecule has 3 unspecified atom stereocenters. The van der Waals surface area contributed by atoms with Crippen molar-refractivity contribution < 1.29 is 0 Å². The van der Waals surface area contributed by atoms with Crippen LogP contribution in [0.5, 0.6) is 0 Å². The lowest BCUT2D eigenvalue weighted by Crippen LogP contribution is -2.44. The molecule has 1 aliphatic carbocycles. The zero-order chi connectivity index (χ0) is 11.4. The Balaban J connectivity index is 1.87. The fraction of sp³-hybridized carbons (Fsp3) is 1.00. The van der Waals surface area contributed by atoms with E-state index in [1.54, 1.807) is 0 Å². The van der Waals surface area contributed by atoms with Gasteiger partial charge in [-0.05, 0) is 51.1 Å². The molecule has 0 radical (unpaired) electrons. The molecule has 16 heavy (non-hydrogen) atoms. The van der Waals surface area contributed by atoms with Crippen molar-refractivity contribution in [2.75, 3.05) is 19.6 Å². The molecule has 2 aliphatic rings. The summed E-state index contributed by atoms with van der Waals surface area (Å²) >= 11 is 0. The van der Waals surface area contributed by atoms with Gasteiger partial charge in [0, 0.05) is 18.6 Å². The first-order valence-electron chi connectivity index (χ1n) is 7.28. The molecule has 3 atom stereocenters. The second kappa shape index (κ2) is 6.02. The Morgan fingerprint density at radius 3 is 2.62 bits per heavy atom. The molecule has 2 nitrogen and oxygen atoms in total. The van der Waals surface area contributed by atoms with Crippen molar-refractivity contribution in [3.8, 4) is 0 Å². The van der Waals surface area contributed by atoms with Gasteiger partial charge in [0.15, 0.2) is 0 Å². The van der Waals surface area contributed by atoms with Crippen LogP contribution in [0, 0.1) is 5.92 Å². The van der Waals surface area contributed by atoms with Crippen LogP contribution in [0.15, 0.2) is 0 Å². The van der Waals surface area contributed by atoms with Gasteiger partial charge in [0.2, 0.25) is 0 Å². The van der Waals surface area contributed by atoms with E-state index < -0.39 is 0 Å². The maximum Gasteiger partial charge on any atom is 0.0195 e. The first-order valence-corrected chi connectivity index (χ1v) is 7.28. The van der Waals surface area contributed by atoms with E-state index in [1.165, 1.54) is 58.2 Å². The SMILES string of the molecule is CCCN(CC1CCCN1)C1CCCC1C. The van der Waals surface area contributed by atoms with Crippen LogP contribution in [0.1, 0.15) is 52.4 Å². The van der Waals surface area contributed by atoms with Crippen molar-refractivity contribution in [3.05, 3.63) is 0 Å². The van der Waals surface area contributed by atoms with Crippen LogP contribution in [-0.4, -0.2) is 36.6 Å². The van der Waals surface area contributed by atoms with Crippen molar-refractivity contribution >= 4 is 0 Å². The van der Waals surface area contributed by atoms with Crippen molar-refractivity contribution in [1.82, 2.24) is 10.2 Å². The Kier molecular flexibility index (Phi) is 4.66. The Bertz CT molecular complexity index is 199. The smallest absolute Gasteiger partial charge is 0.0195 e. The zero-order valence-electron chi connectivity index (χ0n) is 11.0. The van der Waals surface area contributed by atoms with Crippen LogP contribution >= 0.6 is 0 Å². The average molecular weight is 224 g/mol. The molecule has 1 heterocycles. The van der Waals surface area contributed by atoms with Crippen molar-refractivity contribution in [2.24, 2.45) is 5.92 Å². The molecule has 2 rings (SSSR count). The molecular formula is C14H28N2. The van der Waals surface area contributed by atoms with Crippen LogP contribution in [0.3, 0.4) is 0 Å². The second-order valence-corrected chi connectivity index (χ2v) is 5.76. The highest BCUT2D eigenvalue weighted by atomic mass is 15.2. The fourth-order valence-corrected chi connectivity index (χ4v) is 3.54. The zero-order valence-corrected chi connectivity index (χ0v) is 11.0. The maximum atomic E-state index is 3.64. The molecule has 0 spiro atoms. The molecule has 1 saturated carbocycles. The third kappa shape index (κ3) is 2.98. The Hall–Kier alpha value is -0.0800. The molecule has 94 valence electrons. The molecule has 1 saturated heterocycles. The van der Waals surface area contributed by atoms with Crippen LogP contribution in [0.25, 0.3) is 0 Å². The quantitative estimate of drug-likeness (QED) is 0.772. The highest BCUT2D eigenvalue weighted by molar-refractivity contribution is 4.86. The first kappa shape index (κ1) is 12.4. The van der Waals surface area contributed by atoms with Gasteiger partial charge in [-0.3, -0.25) is 4.90 Å². The van der Waals surface area contributed by atoms with E-state index in [2.05, 4.69) is 24.1 Å². The van der Waals surface area contributed by atoms with Crippen molar-refractivity contribution in [2.45, 2.75) is 64.5 Å². The minimum absolute atomic E-state index is 0.777. The molecule has 0 aromatic carbocycles. The van der Waals surface area contributed by atoms with Gasteiger partial charge in [0.1, 0.15) is 0 Å². The summed E-state index contributed by atoms with van der Waals surface area (Å²) in [7, 11) is 0. The number of rotatable bonds is 5.